The second-order valence-electron chi connectivity index (χ2n) is 8.42. The number of fused-ring (bicyclic) bond motifs is 3. The number of carbonyl (C=O) groups excluding carboxylic acids is 3. The number of carbonyl (C=O) groups is 3. The molecule has 150 valence electrons. The van der Waals surface area contributed by atoms with Crippen molar-refractivity contribution in [1.82, 2.24) is 0 Å². The molecule has 2 saturated carbocycles. The van der Waals surface area contributed by atoms with E-state index in [1.54, 1.807) is 6.92 Å². The molecule has 0 aromatic rings. The summed E-state index contributed by atoms with van der Waals surface area (Å²) in [4.78, 5) is 36.4. The number of ether oxygens (including phenoxy) is 2. The van der Waals surface area contributed by atoms with E-state index in [0.717, 1.165) is 6.29 Å². The average molecular weight is 380 g/mol. The van der Waals surface area contributed by atoms with Crippen LogP contribution >= 0.6 is 0 Å². The third-order valence-electron chi connectivity index (χ3n) is 6.90. The zero-order valence-electron chi connectivity index (χ0n) is 15.8. The van der Waals surface area contributed by atoms with E-state index in [1.165, 1.54) is 0 Å². The normalized spacial score (nSPS) is 43.3. The lowest BCUT2D eigenvalue weighted by Gasteiger charge is -2.55. The van der Waals surface area contributed by atoms with E-state index in [-0.39, 0.29) is 42.3 Å². The first-order valence-electron chi connectivity index (χ1n) is 9.58. The van der Waals surface area contributed by atoms with Crippen molar-refractivity contribution in [2.45, 2.75) is 57.8 Å². The van der Waals surface area contributed by atoms with Gasteiger partial charge in [-0.25, -0.2) is 4.79 Å². The van der Waals surface area contributed by atoms with Gasteiger partial charge in [0.15, 0.2) is 0 Å². The summed E-state index contributed by atoms with van der Waals surface area (Å²) in [6.07, 6.45) is 0.534. The summed E-state index contributed by atoms with van der Waals surface area (Å²) in [5.41, 5.74) is -0.535. The van der Waals surface area contributed by atoms with Crippen molar-refractivity contribution in [3.8, 4) is 0 Å². The van der Waals surface area contributed by atoms with Crippen LogP contribution in [0.25, 0.3) is 0 Å². The van der Waals surface area contributed by atoms with Gasteiger partial charge in [0.05, 0.1) is 12.0 Å². The second-order valence-corrected chi connectivity index (χ2v) is 8.42. The second kappa shape index (κ2) is 7.36. The maximum Gasteiger partial charge on any atom is 0.333 e. The van der Waals surface area contributed by atoms with Crippen LogP contribution in [0, 0.1) is 29.1 Å². The molecule has 0 aromatic heterocycles. The van der Waals surface area contributed by atoms with E-state index < -0.39 is 35.6 Å². The van der Waals surface area contributed by atoms with Crippen LogP contribution < -0.4 is 0 Å². The highest BCUT2D eigenvalue weighted by Crippen LogP contribution is 2.58. The third-order valence-corrected chi connectivity index (χ3v) is 6.90. The Kier molecular flexibility index (Phi) is 5.45. The summed E-state index contributed by atoms with van der Waals surface area (Å²) in [6, 6.07) is 0. The van der Waals surface area contributed by atoms with Crippen LogP contribution in [0.4, 0.5) is 0 Å². The predicted octanol–water partition coefficient (Wildman–Crippen LogP) is 1.01. The summed E-state index contributed by atoms with van der Waals surface area (Å²) in [7, 11) is 0. The fourth-order valence-electron chi connectivity index (χ4n) is 5.37. The Morgan fingerprint density at radius 1 is 1.44 bits per heavy atom. The molecule has 8 atom stereocenters. The molecule has 1 heterocycles. The van der Waals surface area contributed by atoms with Crippen molar-refractivity contribution in [2.75, 3.05) is 6.61 Å². The molecular weight excluding hydrogens is 352 g/mol. The van der Waals surface area contributed by atoms with Crippen LogP contribution in [-0.2, 0) is 23.9 Å². The van der Waals surface area contributed by atoms with Gasteiger partial charge in [-0.05, 0) is 19.3 Å². The van der Waals surface area contributed by atoms with Gasteiger partial charge in [0, 0.05) is 41.8 Å². The topological polar surface area (TPSA) is 110 Å². The first kappa shape index (κ1) is 20.0. The highest BCUT2D eigenvalue weighted by molar-refractivity contribution is 5.88. The molecule has 0 bridgehead atoms. The third kappa shape index (κ3) is 3.21. The molecular formula is C20H28O7. The minimum Gasteiger partial charge on any atom is -0.461 e. The van der Waals surface area contributed by atoms with Gasteiger partial charge in [-0.1, -0.05) is 20.4 Å². The first-order valence-corrected chi connectivity index (χ1v) is 9.58. The Morgan fingerprint density at radius 3 is 2.78 bits per heavy atom. The Bertz CT molecular complexity index is 644. The van der Waals surface area contributed by atoms with Gasteiger partial charge < -0.3 is 24.5 Å². The standard InChI is InChI=1S/C20H28O7/c1-10(6-7-21)18(24)26-13-8-20(3)14(23)5-4-12(9-22)16(20)17-15(13)11(2)19(25)27-17/h9,11-17,21,23H,1,4-8H2,2-3H3/t11-,12-,13+,14-,15-,16?,17+,20+/m1/s1. The molecule has 7 heteroatoms. The highest BCUT2D eigenvalue weighted by atomic mass is 16.6. The quantitative estimate of drug-likeness (QED) is 0.416. The number of hydrogen-bond acceptors (Lipinski definition) is 7. The van der Waals surface area contributed by atoms with E-state index in [0.29, 0.717) is 19.3 Å². The summed E-state index contributed by atoms with van der Waals surface area (Å²) >= 11 is 0. The summed E-state index contributed by atoms with van der Waals surface area (Å²) < 4.78 is 11.3. The summed E-state index contributed by atoms with van der Waals surface area (Å²) in [5.74, 6) is -2.41. The molecule has 3 rings (SSSR count). The molecule has 2 aliphatic carbocycles. The molecule has 1 saturated heterocycles. The molecule has 3 aliphatic rings. The fourth-order valence-corrected chi connectivity index (χ4v) is 5.37. The number of aldehydes is 1. The van der Waals surface area contributed by atoms with E-state index in [2.05, 4.69) is 6.58 Å². The Labute approximate surface area is 158 Å². The van der Waals surface area contributed by atoms with Gasteiger partial charge in [-0.15, -0.1) is 0 Å². The average Bonchev–Trinajstić information content (AvgIpc) is 2.91. The van der Waals surface area contributed by atoms with Gasteiger partial charge in [0.2, 0.25) is 0 Å². The SMILES string of the molecule is C=C(CCO)C(=O)O[C@H]1C[C@]2(C)C([C@H]3OC(=O)[C@H](C)[C@H]13)[C@@H](C=O)CC[C@H]2O. The number of rotatable bonds is 5. The van der Waals surface area contributed by atoms with Crippen molar-refractivity contribution in [2.24, 2.45) is 29.1 Å². The molecule has 1 unspecified atom stereocenters. The summed E-state index contributed by atoms with van der Waals surface area (Å²) in [6.45, 7) is 7.06. The fraction of sp³-hybridized carbons (Fsp3) is 0.750. The Balaban J connectivity index is 1.94. The Morgan fingerprint density at radius 2 is 2.15 bits per heavy atom. The van der Waals surface area contributed by atoms with Crippen LogP contribution in [-0.4, -0.2) is 53.4 Å². The maximum atomic E-state index is 12.4. The predicted molar refractivity (Wildman–Crippen MR) is 94.3 cm³/mol. The summed E-state index contributed by atoms with van der Waals surface area (Å²) in [5, 5.41) is 19.7. The van der Waals surface area contributed by atoms with Crippen molar-refractivity contribution in [1.29, 1.82) is 0 Å². The van der Waals surface area contributed by atoms with Crippen LogP contribution in [0.5, 0.6) is 0 Å². The molecule has 0 spiro atoms. The lowest BCUT2D eigenvalue weighted by atomic mass is 9.51. The van der Waals surface area contributed by atoms with Crippen molar-refractivity contribution in [3.63, 3.8) is 0 Å². The zero-order chi connectivity index (χ0) is 19.9. The molecule has 2 N–H and O–H groups in total. The molecule has 0 amide bonds. The van der Waals surface area contributed by atoms with E-state index in [4.69, 9.17) is 14.6 Å². The lowest BCUT2D eigenvalue weighted by molar-refractivity contribution is -0.196. The van der Waals surface area contributed by atoms with Crippen molar-refractivity contribution in [3.05, 3.63) is 12.2 Å². The molecule has 0 aromatic carbocycles. The van der Waals surface area contributed by atoms with Crippen LogP contribution in [0.1, 0.15) is 39.5 Å². The molecule has 1 aliphatic heterocycles. The number of esters is 2. The number of aliphatic hydroxyl groups is 2. The van der Waals surface area contributed by atoms with Gasteiger partial charge in [-0.3, -0.25) is 4.79 Å². The van der Waals surface area contributed by atoms with Crippen LogP contribution in [0.15, 0.2) is 12.2 Å². The number of aliphatic hydroxyl groups excluding tert-OH is 2. The lowest BCUT2D eigenvalue weighted by Crippen LogP contribution is -2.61. The zero-order valence-corrected chi connectivity index (χ0v) is 15.8. The maximum absolute atomic E-state index is 12.4. The van der Waals surface area contributed by atoms with Gasteiger partial charge in [0.1, 0.15) is 18.5 Å². The smallest absolute Gasteiger partial charge is 0.333 e. The van der Waals surface area contributed by atoms with E-state index in [1.807, 2.05) is 6.92 Å². The molecule has 27 heavy (non-hydrogen) atoms. The molecule has 3 fully saturated rings. The number of hydrogen-bond donors (Lipinski definition) is 2. The highest BCUT2D eigenvalue weighted by Gasteiger charge is 2.64. The van der Waals surface area contributed by atoms with Gasteiger partial charge >= 0.3 is 11.9 Å². The minimum atomic E-state index is -0.696. The van der Waals surface area contributed by atoms with E-state index >= 15 is 0 Å². The minimum absolute atomic E-state index is 0.111. The largest absolute Gasteiger partial charge is 0.461 e. The van der Waals surface area contributed by atoms with Gasteiger partial charge in [-0.2, -0.15) is 0 Å². The van der Waals surface area contributed by atoms with Crippen LogP contribution in [0.3, 0.4) is 0 Å². The van der Waals surface area contributed by atoms with E-state index in [9.17, 15) is 19.5 Å². The molecule has 0 radical (unpaired) electrons. The first-order chi connectivity index (χ1) is 12.7. The van der Waals surface area contributed by atoms with Crippen molar-refractivity contribution >= 4 is 18.2 Å². The molecule has 7 nitrogen and oxygen atoms in total. The van der Waals surface area contributed by atoms with Crippen molar-refractivity contribution < 1.29 is 34.1 Å². The Hall–Kier alpha value is -1.73. The van der Waals surface area contributed by atoms with Crippen LogP contribution in [0.2, 0.25) is 0 Å². The monoisotopic (exact) mass is 380 g/mol. The van der Waals surface area contributed by atoms with Gasteiger partial charge in [0.25, 0.3) is 0 Å².